The van der Waals surface area contributed by atoms with Gasteiger partial charge in [-0.15, -0.1) is 0 Å². The van der Waals surface area contributed by atoms with E-state index in [-0.39, 0.29) is 11.8 Å². The van der Waals surface area contributed by atoms with Crippen molar-refractivity contribution in [2.45, 2.75) is 44.9 Å². The summed E-state index contributed by atoms with van der Waals surface area (Å²) in [6.45, 7) is 0. The monoisotopic (exact) mass is 282 g/mol. The maximum atomic E-state index is 12.4. The highest BCUT2D eigenvalue weighted by molar-refractivity contribution is 5.94. The molecule has 1 fully saturated rings. The molecule has 1 saturated carbocycles. The molecule has 3 nitrogen and oxygen atoms in total. The minimum absolute atomic E-state index is 0.176. The summed E-state index contributed by atoms with van der Waals surface area (Å²) in [5.74, 6) is 0.357. The van der Waals surface area contributed by atoms with Crippen molar-refractivity contribution in [2.24, 2.45) is 5.92 Å². The third kappa shape index (κ3) is 3.60. The van der Waals surface area contributed by atoms with E-state index in [4.69, 9.17) is 0 Å². The number of nitrogens with one attached hydrogen (secondary N) is 1. The minimum atomic E-state index is 0.176. The predicted octanol–water partition coefficient (Wildman–Crippen LogP) is 4.53. The predicted molar refractivity (Wildman–Crippen MR) is 86.2 cm³/mol. The molecule has 1 aromatic heterocycles. The van der Waals surface area contributed by atoms with E-state index in [1.807, 2.05) is 30.3 Å². The Bertz CT molecular complexity index is 615. The van der Waals surface area contributed by atoms with Crippen molar-refractivity contribution in [1.29, 1.82) is 0 Å². The van der Waals surface area contributed by atoms with Gasteiger partial charge < -0.3 is 5.32 Å². The molecular formula is C18H22N2O. The summed E-state index contributed by atoms with van der Waals surface area (Å²) in [7, 11) is 0. The van der Waals surface area contributed by atoms with Crippen molar-refractivity contribution in [3.05, 3.63) is 36.5 Å². The average Bonchev–Trinajstić information content (AvgIpc) is 2.46. The zero-order valence-corrected chi connectivity index (χ0v) is 12.3. The van der Waals surface area contributed by atoms with Crippen LogP contribution in [0.5, 0.6) is 0 Å². The molecule has 0 atom stereocenters. The van der Waals surface area contributed by atoms with Gasteiger partial charge in [0.2, 0.25) is 5.91 Å². The highest BCUT2D eigenvalue weighted by atomic mass is 16.1. The number of anilines is 1. The Hall–Kier alpha value is -1.90. The van der Waals surface area contributed by atoms with Crippen LogP contribution in [0.4, 0.5) is 5.69 Å². The number of rotatable bonds is 2. The van der Waals surface area contributed by atoms with E-state index in [9.17, 15) is 4.79 Å². The molecule has 110 valence electrons. The van der Waals surface area contributed by atoms with E-state index in [1.54, 1.807) is 6.20 Å². The molecule has 1 aromatic carbocycles. The lowest BCUT2D eigenvalue weighted by molar-refractivity contribution is -0.120. The van der Waals surface area contributed by atoms with Crippen molar-refractivity contribution < 1.29 is 4.79 Å². The summed E-state index contributed by atoms with van der Waals surface area (Å²) in [4.78, 5) is 16.7. The second-order valence-corrected chi connectivity index (χ2v) is 5.94. The molecule has 1 heterocycles. The van der Waals surface area contributed by atoms with Crippen LogP contribution in [0, 0.1) is 5.92 Å². The van der Waals surface area contributed by atoms with Gasteiger partial charge in [0.1, 0.15) is 0 Å². The number of hydrogen-bond acceptors (Lipinski definition) is 2. The molecule has 1 amide bonds. The van der Waals surface area contributed by atoms with Crippen LogP contribution in [0.2, 0.25) is 0 Å². The lowest BCUT2D eigenvalue weighted by Crippen LogP contribution is -2.23. The lowest BCUT2D eigenvalue weighted by atomic mass is 9.90. The van der Waals surface area contributed by atoms with Crippen LogP contribution in [0.1, 0.15) is 44.9 Å². The second kappa shape index (κ2) is 6.70. The summed E-state index contributed by atoms with van der Waals surface area (Å²) in [6, 6.07) is 9.85. The van der Waals surface area contributed by atoms with Crippen LogP contribution < -0.4 is 5.32 Å². The van der Waals surface area contributed by atoms with Gasteiger partial charge >= 0.3 is 0 Å². The average molecular weight is 282 g/mol. The van der Waals surface area contributed by atoms with E-state index in [0.717, 1.165) is 29.4 Å². The number of nitrogens with zero attached hydrogens (tertiary/aromatic N) is 1. The first kappa shape index (κ1) is 14.1. The van der Waals surface area contributed by atoms with Gasteiger partial charge in [0.05, 0.1) is 5.52 Å². The van der Waals surface area contributed by atoms with Gasteiger partial charge in [0.15, 0.2) is 0 Å². The Kier molecular flexibility index (Phi) is 4.49. The molecule has 3 rings (SSSR count). The molecule has 1 aliphatic rings. The van der Waals surface area contributed by atoms with Crippen molar-refractivity contribution >= 4 is 22.5 Å². The van der Waals surface area contributed by atoms with E-state index >= 15 is 0 Å². The van der Waals surface area contributed by atoms with Crippen LogP contribution in [-0.2, 0) is 4.79 Å². The van der Waals surface area contributed by atoms with Gasteiger partial charge in [-0.05, 0) is 37.1 Å². The highest BCUT2D eigenvalue weighted by Crippen LogP contribution is 2.24. The van der Waals surface area contributed by atoms with E-state index in [0.29, 0.717) is 0 Å². The molecule has 2 aromatic rings. The standard InChI is InChI=1S/C18H22N2O/c21-18(14-7-4-2-1-3-5-8-14)20-16-10-11-17-15(13-16)9-6-12-19-17/h6,9-14H,1-5,7-8H2,(H,20,21). The molecular weight excluding hydrogens is 260 g/mol. The van der Waals surface area contributed by atoms with Crippen molar-refractivity contribution in [3.8, 4) is 0 Å². The Morgan fingerprint density at radius 3 is 2.62 bits per heavy atom. The Morgan fingerprint density at radius 2 is 1.81 bits per heavy atom. The normalized spacial score (nSPS) is 17.1. The fourth-order valence-corrected chi connectivity index (χ4v) is 3.12. The second-order valence-electron chi connectivity index (χ2n) is 5.94. The Morgan fingerprint density at radius 1 is 1.05 bits per heavy atom. The van der Waals surface area contributed by atoms with Crippen LogP contribution in [0.3, 0.4) is 0 Å². The first-order valence-electron chi connectivity index (χ1n) is 7.98. The van der Waals surface area contributed by atoms with Crippen molar-refractivity contribution in [1.82, 2.24) is 4.98 Å². The van der Waals surface area contributed by atoms with Crippen LogP contribution in [0.25, 0.3) is 10.9 Å². The number of hydrogen-bond donors (Lipinski definition) is 1. The maximum absolute atomic E-state index is 12.4. The maximum Gasteiger partial charge on any atom is 0.227 e. The molecule has 21 heavy (non-hydrogen) atoms. The smallest absolute Gasteiger partial charge is 0.227 e. The first-order chi connectivity index (χ1) is 10.3. The summed E-state index contributed by atoms with van der Waals surface area (Å²) >= 11 is 0. The molecule has 0 bridgehead atoms. The molecule has 1 N–H and O–H groups in total. The molecule has 1 aliphatic carbocycles. The SMILES string of the molecule is O=C(Nc1ccc2ncccc2c1)C1CCCCCCC1. The molecule has 0 spiro atoms. The lowest BCUT2D eigenvalue weighted by Gasteiger charge is -2.19. The van der Waals surface area contributed by atoms with Crippen LogP contribution >= 0.6 is 0 Å². The quantitative estimate of drug-likeness (QED) is 0.879. The zero-order chi connectivity index (χ0) is 14.5. The number of benzene rings is 1. The van der Waals surface area contributed by atoms with Gasteiger partial charge in [-0.1, -0.05) is 38.2 Å². The van der Waals surface area contributed by atoms with Crippen molar-refractivity contribution in [2.75, 3.05) is 5.32 Å². The summed E-state index contributed by atoms with van der Waals surface area (Å²) in [5.41, 5.74) is 1.84. The number of aromatic nitrogens is 1. The number of pyridine rings is 1. The highest BCUT2D eigenvalue weighted by Gasteiger charge is 2.19. The van der Waals surface area contributed by atoms with Gasteiger partial charge in [-0.2, -0.15) is 0 Å². The van der Waals surface area contributed by atoms with E-state index < -0.39 is 0 Å². The third-order valence-electron chi connectivity index (χ3n) is 4.35. The molecule has 0 saturated heterocycles. The summed E-state index contributed by atoms with van der Waals surface area (Å²) in [5, 5.41) is 4.15. The summed E-state index contributed by atoms with van der Waals surface area (Å²) in [6.07, 6.45) is 10.1. The number of carbonyl (C=O) groups is 1. The van der Waals surface area contributed by atoms with Gasteiger partial charge in [0, 0.05) is 23.2 Å². The van der Waals surface area contributed by atoms with E-state index in [2.05, 4.69) is 10.3 Å². The molecule has 3 heteroatoms. The van der Waals surface area contributed by atoms with Gasteiger partial charge in [-0.25, -0.2) is 0 Å². The first-order valence-corrected chi connectivity index (χ1v) is 7.98. The minimum Gasteiger partial charge on any atom is -0.326 e. The molecule has 0 radical (unpaired) electrons. The van der Waals surface area contributed by atoms with Gasteiger partial charge in [0.25, 0.3) is 0 Å². The largest absolute Gasteiger partial charge is 0.326 e. The molecule has 0 aliphatic heterocycles. The number of carbonyl (C=O) groups excluding carboxylic acids is 1. The number of amides is 1. The summed E-state index contributed by atoms with van der Waals surface area (Å²) < 4.78 is 0. The zero-order valence-electron chi connectivity index (χ0n) is 12.3. The Balaban J connectivity index is 1.69. The topological polar surface area (TPSA) is 42.0 Å². The Labute approximate surface area is 125 Å². The third-order valence-corrected chi connectivity index (χ3v) is 4.35. The van der Waals surface area contributed by atoms with E-state index in [1.165, 1.54) is 32.1 Å². The van der Waals surface area contributed by atoms with Crippen molar-refractivity contribution in [3.63, 3.8) is 0 Å². The van der Waals surface area contributed by atoms with Crippen LogP contribution in [0.15, 0.2) is 36.5 Å². The fraction of sp³-hybridized carbons (Fsp3) is 0.444. The van der Waals surface area contributed by atoms with Gasteiger partial charge in [-0.3, -0.25) is 9.78 Å². The van der Waals surface area contributed by atoms with Crippen LogP contribution in [-0.4, -0.2) is 10.9 Å². The molecule has 0 unspecified atom stereocenters. The number of fused-ring (bicyclic) bond motifs is 1. The fourth-order valence-electron chi connectivity index (χ4n) is 3.12.